The third-order valence-electron chi connectivity index (χ3n) is 2.04. The van der Waals surface area contributed by atoms with Gasteiger partial charge in [0, 0.05) is 36.4 Å². The van der Waals surface area contributed by atoms with Crippen molar-refractivity contribution < 1.29 is 0 Å². The molecule has 0 amide bonds. The minimum absolute atomic E-state index is 0.797. The van der Waals surface area contributed by atoms with Gasteiger partial charge in [0.2, 0.25) is 0 Å². The molecule has 1 aromatic heterocycles. The monoisotopic (exact) mass is 269 g/mol. The molecule has 1 N–H and O–H groups in total. The first-order valence-corrected chi connectivity index (χ1v) is 5.59. The summed E-state index contributed by atoms with van der Waals surface area (Å²) in [5, 5.41) is 3.14. The van der Waals surface area contributed by atoms with Crippen molar-refractivity contribution in [2.24, 2.45) is 0 Å². The summed E-state index contributed by atoms with van der Waals surface area (Å²) in [6, 6.07) is 2.08. The number of anilines is 1. The first-order valence-electron chi connectivity index (χ1n) is 4.80. The topological polar surface area (TPSA) is 28.2 Å². The van der Waals surface area contributed by atoms with Gasteiger partial charge in [0.05, 0.1) is 0 Å². The van der Waals surface area contributed by atoms with Gasteiger partial charge in [-0.2, -0.15) is 0 Å². The fraction of sp³-hybridized carbons (Fsp3) is 0.364. The Morgan fingerprint density at radius 1 is 1.67 bits per heavy atom. The van der Waals surface area contributed by atoms with Crippen LogP contribution in [-0.2, 0) is 6.54 Å². The molecule has 1 heterocycles. The molecule has 0 aliphatic rings. The molecule has 0 saturated carbocycles. The van der Waals surface area contributed by atoms with E-state index in [1.807, 2.05) is 26.4 Å². The van der Waals surface area contributed by atoms with Crippen LogP contribution >= 0.6 is 15.9 Å². The van der Waals surface area contributed by atoms with E-state index >= 15 is 0 Å². The number of hydrogen-bond acceptors (Lipinski definition) is 3. The Morgan fingerprint density at radius 2 is 2.40 bits per heavy atom. The van der Waals surface area contributed by atoms with E-state index in [0.717, 1.165) is 23.4 Å². The second-order valence-electron chi connectivity index (χ2n) is 3.34. The number of nitrogens with one attached hydrogen (secondary N) is 1. The van der Waals surface area contributed by atoms with Gasteiger partial charge in [-0.15, -0.1) is 6.58 Å². The van der Waals surface area contributed by atoms with Crippen LogP contribution < -0.4 is 10.2 Å². The van der Waals surface area contributed by atoms with E-state index < -0.39 is 0 Å². The van der Waals surface area contributed by atoms with Crippen LogP contribution in [0, 0.1) is 0 Å². The van der Waals surface area contributed by atoms with E-state index in [9.17, 15) is 0 Å². The van der Waals surface area contributed by atoms with E-state index in [1.165, 1.54) is 5.56 Å². The fourth-order valence-electron chi connectivity index (χ4n) is 1.42. The van der Waals surface area contributed by atoms with Crippen molar-refractivity contribution >= 4 is 21.7 Å². The number of halogens is 1. The zero-order valence-corrected chi connectivity index (χ0v) is 10.7. The highest BCUT2D eigenvalue weighted by atomic mass is 79.9. The van der Waals surface area contributed by atoms with Crippen molar-refractivity contribution in [3.05, 3.63) is 35.0 Å². The third-order valence-corrected chi connectivity index (χ3v) is 2.47. The van der Waals surface area contributed by atoms with Crippen molar-refractivity contribution in [3.8, 4) is 0 Å². The molecular weight excluding hydrogens is 254 g/mol. The van der Waals surface area contributed by atoms with E-state index in [2.05, 4.69) is 43.8 Å². The lowest BCUT2D eigenvalue weighted by molar-refractivity contribution is 0.803. The van der Waals surface area contributed by atoms with Gasteiger partial charge in [-0.1, -0.05) is 6.08 Å². The largest absolute Gasteiger partial charge is 0.356 e. The summed E-state index contributed by atoms with van der Waals surface area (Å²) in [6.45, 7) is 5.33. The van der Waals surface area contributed by atoms with Crippen LogP contribution in [0.15, 0.2) is 29.4 Å². The van der Waals surface area contributed by atoms with Gasteiger partial charge in [-0.3, -0.25) is 0 Å². The molecule has 82 valence electrons. The Kier molecular flexibility index (Phi) is 4.78. The molecule has 0 spiro atoms. The van der Waals surface area contributed by atoms with Crippen LogP contribution in [0.5, 0.6) is 0 Å². The van der Waals surface area contributed by atoms with Gasteiger partial charge in [0.15, 0.2) is 0 Å². The number of rotatable bonds is 5. The molecule has 0 aliphatic carbocycles. The predicted octanol–water partition coefficient (Wildman–Crippen LogP) is 2.19. The molecule has 3 nitrogen and oxygen atoms in total. The van der Waals surface area contributed by atoms with Crippen LogP contribution in [0.3, 0.4) is 0 Å². The maximum atomic E-state index is 4.41. The molecule has 0 bridgehead atoms. The Morgan fingerprint density at radius 3 is 3.00 bits per heavy atom. The number of nitrogens with zero attached hydrogens (tertiary/aromatic N) is 2. The second kappa shape index (κ2) is 5.88. The molecule has 0 atom stereocenters. The lowest BCUT2D eigenvalue weighted by Crippen LogP contribution is -2.21. The average molecular weight is 270 g/mol. The first-order chi connectivity index (χ1) is 7.19. The summed E-state index contributed by atoms with van der Waals surface area (Å²) in [4.78, 5) is 6.48. The van der Waals surface area contributed by atoms with Gasteiger partial charge in [0.1, 0.15) is 5.82 Å². The number of aromatic nitrogens is 1. The van der Waals surface area contributed by atoms with Crippen molar-refractivity contribution in [1.82, 2.24) is 10.3 Å². The summed E-state index contributed by atoms with van der Waals surface area (Å²) in [5.74, 6) is 0.993. The van der Waals surface area contributed by atoms with Gasteiger partial charge in [0.25, 0.3) is 0 Å². The maximum Gasteiger partial charge on any atom is 0.133 e. The van der Waals surface area contributed by atoms with Crippen molar-refractivity contribution in [2.45, 2.75) is 6.54 Å². The molecule has 0 aromatic carbocycles. The first kappa shape index (κ1) is 12.2. The highest BCUT2D eigenvalue weighted by Gasteiger charge is 2.07. The average Bonchev–Trinajstić information content (AvgIpc) is 2.18. The molecule has 1 aromatic rings. The number of hydrogen-bond donors (Lipinski definition) is 1. The zero-order chi connectivity index (χ0) is 11.3. The van der Waals surface area contributed by atoms with Crippen LogP contribution in [0.1, 0.15) is 5.56 Å². The van der Waals surface area contributed by atoms with Crippen LogP contribution in [0.2, 0.25) is 0 Å². The van der Waals surface area contributed by atoms with E-state index in [0.29, 0.717) is 0 Å². The Hall–Kier alpha value is -0.870. The maximum absolute atomic E-state index is 4.41. The molecule has 15 heavy (non-hydrogen) atoms. The number of pyridine rings is 1. The van der Waals surface area contributed by atoms with Crippen LogP contribution in [0.4, 0.5) is 5.82 Å². The highest BCUT2D eigenvalue weighted by molar-refractivity contribution is 9.10. The molecule has 0 saturated heterocycles. The van der Waals surface area contributed by atoms with E-state index in [-0.39, 0.29) is 0 Å². The minimum Gasteiger partial charge on any atom is -0.356 e. The quantitative estimate of drug-likeness (QED) is 0.831. The van der Waals surface area contributed by atoms with Crippen molar-refractivity contribution in [2.75, 3.05) is 25.5 Å². The molecular formula is C11H16BrN3. The second-order valence-corrected chi connectivity index (χ2v) is 4.25. The summed E-state index contributed by atoms with van der Waals surface area (Å²) >= 11 is 3.43. The van der Waals surface area contributed by atoms with Gasteiger partial charge in [-0.25, -0.2) is 4.98 Å². The summed E-state index contributed by atoms with van der Waals surface area (Å²) < 4.78 is 1.00. The smallest absolute Gasteiger partial charge is 0.133 e. The summed E-state index contributed by atoms with van der Waals surface area (Å²) in [5.41, 5.74) is 1.18. The fourth-order valence-corrected chi connectivity index (χ4v) is 1.80. The SMILES string of the molecule is C=CCN(C)c1ncc(Br)cc1CNC. The molecule has 0 fully saturated rings. The third kappa shape index (κ3) is 3.32. The molecule has 0 unspecified atom stereocenters. The summed E-state index contributed by atoms with van der Waals surface area (Å²) in [6.07, 6.45) is 3.68. The Labute approximate surface area is 99.3 Å². The summed E-state index contributed by atoms with van der Waals surface area (Å²) in [7, 11) is 3.94. The Balaban J connectivity index is 2.98. The lowest BCUT2D eigenvalue weighted by atomic mass is 10.2. The zero-order valence-electron chi connectivity index (χ0n) is 9.13. The molecule has 1 rings (SSSR count). The van der Waals surface area contributed by atoms with Crippen LogP contribution in [-0.4, -0.2) is 25.6 Å². The van der Waals surface area contributed by atoms with Gasteiger partial charge >= 0.3 is 0 Å². The van der Waals surface area contributed by atoms with E-state index in [1.54, 1.807) is 0 Å². The van der Waals surface area contributed by atoms with Crippen LogP contribution in [0.25, 0.3) is 0 Å². The predicted molar refractivity (Wildman–Crippen MR) is 68.2 cm³/mol. The normalized spacial score (nSPS) is 10.1. The van der Waals surface area contributed by atoms with Crippen molar-refractivity contribution in [3.63, 3.8) is 0 Å². The molecule has 4 heteroatoms. The Bertz CT molecular complexity index is 339. The molecule has 0 aliphatic heterocycles. The van der Waals surface area contributed by atoms with E-state index in [4.69, 9.17) is 0 Å². The highest BCUT2D eigenvalue weighted by Crippen LogP contribution is 2.20. The van der Waals surface area contributed by atoms with Gasteiger partial charge in [-0.05, 0) is 29.0 Å². The minimum atomic E-state index is 0.797. The van der Waals surface area contributed by atoms with Crippen molar-refractivity contribution in [1.29, 1.82) is 0 Å². The van der Waals surface area contributed by atoms with Gasteiger partial charge < -0.3 is 10.2 Å². The number of likely N-dealkylation sites (N-methyl/N-ethyl adjacent to an activating group) is 1. The molecule has 0 radical (unpaired) electrons. The standard InChI is InChI=1S/C11H16BrN3/c1-4-5-15(3)11-9(7-13-2)6-10(12)8-14-11/h4,6,8,13H,1,5,7H2,2-3H3. The lowest BCUT2D eigenvalue weighted by Gasteiger charge is -2.19.